The van der Waals surface area contributed by atoms with Gasteiger partial charge in [-0.05, 0) is 77.5 Å². The molecule has 0 saturated carbocycles. The molecular formula is C23H37FN4O4. The summed E-state index contributed by atoms with van der Waals surface area (Å²) >= 11 is 0. The summed E-state index contributed by atoms with van der Waals surface area (Å²) in [5.74, 6) is -0.145. The number of hydrogen-bond donors (Lipinski definition) is 3. The molecule has 0 aliphatic carbocycles. The molecule has 1 atom stereocenters. The predicted molar refractivity (Wildman–Crippen MR) is 122 cm³/mol. The average molecular weight is 453 g/mol. The van der Waals surface area contributed by atoms with Crippen LogP contribution in [-0.2, 0) is 22.4 Å². The van der Waals surface area contributed by atoms with Crippen LogP contribution in [-0.4, -0.2) is 71.5 Å². The van der Waals surface area contributed by atoms with Crippen molar-refractivity contribution in [2.45, 2.75) is 70.9 Å². The van der Waals surface area contributed by atoms with E-state index in [0.29, 0.717) is 13.1 Å². The van der Waals surface area contributed by atoms with E-state index in [-0.39, 0.29) is 13.0 Å². The molecule has 8 nitrogen and oxygen atoms in total. The Morgan fingerprint density at radius 3 is 2.75 bits per heavy atom. The molecule has 0 fully saturated rings. The number of pyridine rings is 1. The number of carboxylic acid groups (broad SMARTS) is 1. The number of alkyl halides is 1. The SMILES string of the molecule is CC(C)(C)OC(=O)NC(CCN(CCF)CCCCc1ccc2c(n1)NCCC2)C(=O)O. The fraction of sp³-hybridized carbons (Fsp3) is 0.696. The second-order valence-electron chi connectivity index (χ2n) is 9.15. The van der Waals surface area contributed by atoms with Crippen LogP contribution in [0.5, 0.6) is 0 Å². The number of rotatable bonds is 12. The fourth-order valence-electron chi connectivity index (χ4n) is 3.62. The lowest BCUT2D eigenvalue weighted by molar-refractivity contribution is -0.139. The van der Waals surface area contributed by atoms with E-state index in [2.05, 4.69) is 22.8 Å². The van der Waals surface area contributed by atoms with Crippen molar-refractivity contribution >= 4 is 17.9 Å². The Bertz CT molecular complexity index is 754. The van der Waals surface area contributed by atoms with Crippen molar-refractivity contribution in [2.24, 2.45) is 0 Å². The van der Waals surface area contributed by atoms with Gasteiger partial charge in [-0.15, -0.1) is 0 Å². The number of nitrogens with one attached hydrogen (secondary N) is 2. The number of aromatic nitrogens is 1. The summed E-state index contributed by atoms with van der Waals surface area (Å²) < 4.78 is 18.1. The van der Waals surface area contributed by atoms with Gasteiger partial charge in [-0.25, -0.2) is 19.0 Å². The lowest BCUT2D eigenvalue weighted by Gasteiger charge is -2.25. The van der Waals surface area contributed by atoms with E-state index in [1.54, 1.807) is 20.8 Å². The van der Waals surface area contributed by atoms with Crippen LogP contribution in [0.2, 0.25) is 0 Å². The van der Waals surface area contributed by atoms with Crippen molar-refractivity contribution in [2.75, 3.05) is 38.2 Å². The number of alkyl carbamates (subject to hydrolysis) is 1. The Labute approximate surface area is 189 Å². The maximum Gasteiger partial charge on any atom is 0.408 e. The lowest BCUT2D eigenvalue weighted by Crippen LogP contribution is -2.45. The number of halogens is 1. The summed E-state index contributed by atoms with van der Waals surface area (Å²) in [6.07, 6.45) is 4.20. The van der Waals surface area contributed by atoms with Crippen LogP contribution >= 0.6 is 0 Å². The summed E-state index contributed by atoms with van der Waals surface area (Å²) in [5, 5.41) is 15.1. The van der Waals surface area contributed by atoms with Crippen LogP contribution in [0.4, 0.5) is 15.0 Å². The van der Waals surface area contributed by atoms with Gasteiger partial charge in [-0.2, -0.15) is 0 Å². The molecule has 0 radical (unpaired) electrons. The highest BCUT2D eigenvalue weighted by atomic mass is 19.1. The summed E-state index contributed by atoms with van der Waals surface area (Å²) in [7, 11) is 0. The topological polar surface area (TPSA) is 104 Å². The van der Waals surface area contributed by atoms with Crippen LogP contribution < -0.4 is 10.6 Å². The number of unbranched alkanes of at least 4 members (excludes halogenated alkanes) is 1. The molecule has 3 N–H and O–H groups in total. The third kappa shape index (κ3) is 9.38. The van der Waals surface area contributed by atoms with Gasteiger partial charge in [0.2, 0.25) is 0 Å². The first kappa shape index (κ1) is 25.8. The van der Waals surface area contributed by atoms with E-state index in [1.165, 1.54) is 5.56 Å². The Balaban J connectivity index is 1.77. The van der Waals surface area contributed by atoms with Crippen molar-refractivity contribution in [3.63, 3.8) is 0 Å². The van der Waals surface area contributed by atoms with Gasteiger partial charge in [-0.1, -0.05) is 6.07 Å². The van der Waals surface area contributed by atoms with Crippen molar-refractivity contribution in [3.05, 3.63) is 23.4 Å². The van der Waals surface area contributed by atoms with Crippen molar-refractivity contribution < 1.29 is 23.8 Å². The molecule has 0 spiro atoms. The number of nitrogens with zero attached hydrogens (tertiary/aromatic N) is 2. The normalized spacial score (nSPS) is 14.4. The number of ether oxygens (including phenoxy) is 1. The van der Waals surface area contributed by atoms with Gasteiger partial charge in [0.25, 0.3) is 0 Å². The van der Waals surface area contributed by atoms with Gasteiger partial charge >= 0.3 is 12.1 Å². The number of hydrogen-bond acceptors (Lipinski definition) is 6. The molecule has 1 unspecified atom stereocenters. The Morgan fingerprint density at radius 1 is 1.28 bits per heavy atom. The summed E-state index contributed by atoms with van der Waals surface area (Å²) in [5.41, 5.74) is 1.60. The zero-order chi connectivity index (χ0) is 23.6. The third-order valence-electron chi connectivity index (χ3n) is 5.23. The van der Waals surface area contributed by atoms with Gasteiger partial charge < -0.3 is 25.4 Å². The minimum absolute atomic E-state index is 0.173. The molecule has 0 saturated heterocycles. The number of anilines is 1. The van der Waals surface area contributed by atoms with E-state index < -0.39 is 30.4 Å². The van der Waals surface area contributed by atoms with Crippen LogP contribution in [0.15, 0.2) is 12.1 Å². The molecule has 1 aliphatic rings. The number of carbonyl (C=O) groups excluding carboxylic acids is 1. The van der Waals surface area contributed by atoms with Crippen LogP contribution in [0.25, 0.3) is 0 Å². The van der Waals surface area contributed by atoms with Crippen molar-refractivity contribution in [1.29, 1.82) is 0 Å². The maximum absolute atomic E-state index is 13.0. The van der Waals surface area contributed by atoms with Crippen LogP contribution in [0.1, 0.15) is 57.7 Å². The van der Waals surface area contributed by atoms with Gasteiger partial charge in [0.05, 0.1) is 0 Å². The average Bonchev–Trinajstić information content (AvgIpc) is 2.72. The first-order valence-electron chi connectivity index (χ1n) is 11.4. The van der Waals surface area contributed by atoms with E-state index in [9.17, 15) is 19.1 Å². The van der Waals surface area contributed by atoms with E-state index in [1.807, 2.05) is 4.90 Å². The van der Waals surface area contributed by atoms with E-state index in [0.717, 1.165) is 50.2 Å². The standard InChI is InChI=1S/C23H37FN4O4/c1-23(2,3)32-22(31)27-19(21(29)30)11-15-28(16-12-24)14-5-4-8-18-10-9-17-7-6-13-25-20(17)26-18/h9-10,19H,4-8,11-16H2,1-3H3,(H,25,26)(H,27,31)(H,29,30). The van der Waals surface area contributed by atoms with Gasteiger partial charge in [0, 0.05) is 25.3 Å². The molecule has 1 amide bonds. The quantitative estimate of drug-likeness (QED) is 0.418. The molecule has 2 rings (SSSR count). The Hall–Kier alpha value is -2.42. The molecule has 180 valence electrons. The number of fused-ring (bicyclic) bond motifs is 1. The highest BCUT2D eigenvalue weighted by Crippen LogP contribution is 2.20. The van der Waals surface area contributed by atoms with Gasteiger partial charge in [0.15, 0.2) is 0 Å². The molecule has 0 aromatic carbocycles. The smallest absolute Gasteiger partial charge is 0.408 e. The first-order valence-corrected chi connectivity index (χ1v) is 11.4. The second-order valence-corrected chi connectivity index (χ2v) is 9.15. The fourth-order valence-corrected chi connectivity index (χ4v) is 3.62. The van der Waals surface area contributed by atoms with Crippen LogP contribution in [0.3, 0.4) is 0 Å². The van der Waals surface area contributed by atoms with Crippen molar-refractivity contribution in [1.82, 2.24) is 15.2 Å². The van der Waals surface area contributed by atoms with Gasteiger partial charge in [0.1, 0.15) is 24.1 Å². The molecule has 1 aromatic rings. The monoisotopic (exact) mass is 452 g/mol. The van der Waals surface area contributed by atoms with E-state index in [4.69, 9.17) is 9.72 Å². The Morgan fingerprint density at radius 2 is 2.06 bits per heavy atom. The number of aryl methyl sites for hydroxylation is 2. The minimum atomic E-state index is -1.14. The number of carboxylic acids is 1. The van der Waals surface area contributed by atoms with Crippen molar-refractivity contribution in [3.8, 4) is 0 Å². The molecule has 32 heavy (non-hydrogen) atoms. The number of amides is 1. The molecule has 2 heterocycles. The first-order chi connectivity index (χ1) is 15.2. The summed E-state index contributed by atoms with van der Waals surface area (Å²) in [4.78, 5) is 30.0. The minimum Gasteiger partial charge on any atom is -0.480 e. The second kappa shape index (κ2) is 12.6. The predicted octanol–water partition coefficient (Wildman–Crippen LogP) is 3.40. The van der Waals surface area contributed by atoms with Gasteiger partial charge in [-0.3, -0.25) is 0 Å². The highest BCUT2D eigenvalue weighted by Gasteiger charge is 2.24. The molecule has 9 heteroatoms. The van der Waals surface area contributed by atoms with Crippen LogP contribution in [0, 0.1) is 0 Å². The number of carbonyl (C=O) groups is 2. The lowest BCUT2D eigenvalue weighted by atomic mass is 10.1. The zero-order valence-corrected chi connectivity index (χ0v) is 19.5. The largest absolute Gasteiger partial charge is 0.480 e. The summed E-state index contributed by atoms with van der Waals surface area (Å²) in [6, 6.07) is 3.13. The molecule has 1 aromatic heterocycles. The third-order valence-corrected chi connectivity index (χ3v) is 5.23. The molecule has 0 bridgehead atoms. The Kier molecular flexibility index (Phi) is 10.2. The zero-order valence-electron chi connectivity index (χ0n) is 19.5. The maximum atomic E-state index is 13.0. The summed E-state index contributed by atoms with van der Waals surface area (Å²) in [6.45, 7) is 6.85. The number of aliphatic carboxylic acids is 1. The molecule has 1 aliphatic heterocycles. The van der Waals surface area contributed by atoms with E-state index >= 15 is 0 Å². The molecular weight excluding hydrogens is 415 g/mol. The highest BCUT2D eigenvalue weighted by molar-refractivity contribution is 5.80.